The van der Waals surface area contributed by atoms with E-state index in [0.717, 1.165) is 51.4 Å². The molecule has 0 aliphatic carbocycles. The molecule has 0 radical (unpaired) electrons. The van der Waals surface area contributed by atoms with Crippen LogP contribution in [0.3, 0.4) is 0 Å². The lowest BCUT2D eigenvalue weighted by molar-refractivity contribution is 0.00738. The van der Waals surface area contributed by atoms with Gasteiger partial charge in [-0.3, -0.25) is 0 Å². The molecule has 0 spiro atoms. The van der Waals surface area contributed by atoms with Gasteiger partial charge in [0.1, 0.15) is 0 Å². The van der Waals surface area contributed by atoms with Gasteiger partial charge in [0.05, 0.1) is 12.2 Å². The van der Waals surface area contributed by atoms with Gasteiger partial charge in [-0.1, -0.05) is 64.7 Å². The fourth-order valence-electron chi connectivity index (χ4n) is 2.32. The second-order valence-corrected chi connectivity index (χ2v) is 5.62. The summed E-state index contributed by atoms with van der Waals surface area (Å²) in [6.45, 7) is 2.41. The monoisotopic (exact) mass is 274 g/mol. The van der Waals surface area contributed by atoms with E-state index in [2.05, 4.69) is 6.92 Å². The molecule has 0 aromatic heterocycles. The Morgan fingerprint density at radius 2 is 1.05 bits per heavy atom. The number of hydrogen-bond acceptors (Lipinski definition) is 3. The van der Waals surface area contributed by atoms with Crippen LogP contribution in [0.2, 0.25) is 0 Å². The predicted molar refractivity (Wildman–Crippen MR) is 80.2 cm³/mol. The Morgan fingerprint density at radius 3 is 1.53 bits per heavy atom. The van der Waals surface area contributed by atoms with Gasteiger partial charge < -0.3 is 15.3 Å². The fraction of sp³-hybridized carbons (Fsp3) is 1.00. The predicted octanol–water partition coefficient (Wildman–Crippen LogP) is 3.40. The van der Waals surface area contributed by atoms with Crippen LogP contribution in [0.1, 0.15) is 84.0 Å². The van der Waals surface area contributed by atoms with E-state index in [1.165, 1.54) is 25.7 Å². The van der Waals surface area contributed by atoms with Gasteiger partial charge in [0.2, 0.25) is 0 Å². The Kier molecular flexibility index (Phi) is 14.2. The standard InChI is InChI=1S/C16H34O3/c1-2-3-12-15(18)16(19)13-10-8-6-4-5-7-9-11-14-17/h15-19H,2-14H2,1H3/t15-,16-/m1/s1. The van der Waals surface area contributed by atoms with Crippen LogP contribution in [-0.2, 0) is 0 Å². The summed E-state index contributed by atoms with van der Waals surface area (Å²) in [5, 5.41) is 28.1. The normalized spacial score (nSPS) is 14.5. The zero-order chi connectivity index (χ0) is 14.3. The molecule has 0 rings (SSSR count). The van der Waals surface area contributed by atoms with Crippen LogP contribution >= 0.6 is 0 Å². The lowest BCUT2D eigenvalue weighted by Crippen LogP contribution is -2.25. The lowest BCUT2D eigenvalue weighted by atomic mass is 10.0. The quantitative estimate of drug-likeness (QED) is 0.425. The van der Waals surface area contributed by atoms with Gasteiger partial charge in [-0.05, 0) is 19.3 Å². The van der Waals surface area contributed by atoms with Gasteiger partial charge in [-0.25, -0.2) is 0 Å². The first-order chi connectivity index (χ1) is 9.22. The van der Waals surface area contributed by atoms with Crippen molar-refractivity contribution in [2.24, 2.45) is 0 Å². The SMILES string of the molecule is CCCC[C@@H](O)[C@H](O)CCCCCCCCCCO. The summed E-state index contributed by atoms with van der Waals surface area (Å²) in [5.41, 5.74) is 0. The Hall–Kier alpha value is -0.120. The van der Waals surface area contributed by atoms with Crippen molar-refractivity contribution in [1.82, 2.24) is 0 Å². The van der Waals surface area contributed by atoms with Crippen LogP contribution in [0.4, 0.5) is 0 Å². The number of aliphatic hydroxyl groups is 3. The lowest BCUT2D eigenvalue weighted by Gasteiger charge is -2.17. The van der Waals surface area contributed by atoms with Gasteiger partial charge in [-0.2, -0.15) is 0 Å². The van der Waals surface area contributed by atoms with E-state index in [-0.39, 0.29) is 0 Å². The molecule has 3 N–H and O–H groups in total. The molecule has 0 aliphatic rings. The first-order valence-corrected chi connectivity index (χ1v) is 8.19. The van der Waals surface area contributed by atoms with Crippen molar-refractivity contribution < 1.29 is 15.3 Å². The molecule has 2 atom stereocenters. The molecule has 0 fully saturated rings. The van der Waals surface area contributed by atoms with Crippen LogP contribution in [0.25, 0.3) is 0 Å². The molecule has 0 amide bonds. The molecule has 19 heavy (non-hydrogen) atoms. The summed E-state index contributed by atoms with van der Waals surface area (Å²) in [7, 11) is 0. The molecule has 0 heterocycles. The highest BCUT2D eigenvalue weighted by molar-refractivity contribution is 4.67. The van der Waals surface area contributed by atoms with Crippen LogP contribution in [0.15, 0.2) is 0 Å². The summed E-state index contributed by atoms with van der Waals surface area (Å²) in [6, 6.07) is 0. The summed E-state index contributed by atoms with van der Waals surface area (Å²) in [5.74, 6) is 0. The van der Waals surface area contributed by atoms with Crippen LogP contribution in [0.5, 0.6) is 0 Å². The van der Waals surface area contributed by atoms with E-state index in [4.69, 9.17) is 5.11 Å². The maximum absolute atomic E-state index is 9.77. The highest BCUT2D eigenvalue weighted by Gasteiger charge is 2.14. The molecule has 0 aliphatic heterocycles. The van der Waals surface area contributed by atoms with Gasteiger partial charge >= 0.3 is 0 Å². The summed E-state index contributed by atoms with van der Waals surface area (Å²) in [6.07, 6.45) is 11.6. The van der Waals surface area contributed by atoms with Gasteiger partial charge in [0.25, 0.3) is 0 Å². The van der Waals surface area contributed by atoms with Gasteiger partial charge in [-0.15, -0.1) is 0 Å². The van der Waals surface area contributed by atoms with E-state index in [1.807, 2.05) is 0 Å². The van der Waals surface area contributed by atoms with Crippen molar-refractivity contribution in [3.8, 4) is 0 Å². The maximum Gasteiger partial charge on any atom is 0.0799 e. The highest BCUT2D eigenvalue weighted by atomic mass is 16.3. The largest absolute Gasteiger partial charge is 0.396 e. The maximum atomic E-state index is 9.77. The highest BCUT2D eigenvalue weighted by Crippen LogP contribution is 2.14. The molecule has 0 aromatic rings. The van der Waals surface area contributed by atoms with Crippen molar-refractivity contribution in [3.05, 3.63) is 0 Å². The minimum absolute atomic E-state index is 0.318. The van der Waals surface area contributed by atoms with Gasteiger partial charge in [0.15, 0.2) is 0 Å². The first kappa shape index (κ1) is 18.9. The molecule has 0 saturated heterocycles. The molecule has 116 valence electrons. The van der Waals surface area contributed by atoms with E-state index in [9.17, 15) is 10.2 Å². The average molecular weight is 274 g/mol. The van der Waals surface area contributed by atoms with Crippen molar-refractivity contribution in [1.29, 1.82) is 0 Å². The molecule has 3 heteroatoms. The van der Waals surface area contributed by atoms with E-state index >= 15 is 0 Å². The fourth-order valence-corrected chi connectivity index (χ4v) is 2.32. The third-order valence-corrected chi connectivity index (χ3v) is 3.71. The zero-order valence-electron chi connectivity index (χ0n) is 12.7. The van der Waals surface area contributed by atoms with E-state index in [1.54, 1.807) is 0 Å². The number of aliphatic hydroxyl groups excluding tert-OH is 3. The van der Waals surface area contributed by atoms with Crippen LogP contribution < -0.4 is 0 Å². The molecule has 0 saturated carbocycles. The topological polar surface area (TPSA) is 60.7 Å². The minimum Gasteiger partial charge on any atom is -0.396 e. The molecular weight excluding hydrogens is 240 g/mol. The molecule has 0 bridgehead atoms. The van der Waals surface area contributed by atoms with Gasteiger partial charge in [0, 0.05) is 6.61 Å². The average Bonchev–Trinajstić information content (AvgIpc) is 2.42. The molecule has 0 aromatic carbocycles. The zero-order valence-corrected chi connectivity index (χ0v) is 12.7. The Bertz CT molecular complexity index is 173. The Balaban J connectivity index is 3.24. The Morgan fingerprint density at radius 1 is 0.632 bits per heavy atom. The Labute approximate surface area is 119 Å². The smallest absolute Gasteiger partial charge is 0.0799 e. The molecular formula is C16H34O3. The van der Waals surface area contributed by atoms with E-state index in [0.29, 0.717) is 6.61 Å². The number of unbranched alkanes of at least 4 members (excludes halogenated alkanes) is 8. The molecule has 0 unspecified atom stereocenters. The van der Waals surface area contributed by atoms with Crippen molar-refractivity contribution in [3.63, 3.8) is 0 Å². The number of rotatable bonds is 14. The van der Waals surface area contributed by atoms with Crippen LogP contribution in [0, 0.1) is 0 Å². The molecule has 3 nitrogen and oxygen atoms in total. The van der Waals surface area contributed by atoms with Crippen LogP contribution in [-0.4, -0.2) is 34.1 Å². The summed E-state index contributed by atoms with van der Waals surface area (Å²) in [4.78, 5) is 0. The van der Waals surface area contributed by atoms with Crippen molar-refractivity contribution >= 4 is 0 Å². The summed E-state index contributed by atoms with van der Waals surface area (Å²) >= 11 is 0. The second kappa shape index (κ2) is 14.3. The third kappa shape index (κ3) is 12.6. The summed E-state index contributed by atoms with van der Waals surface area (Å²) < 4.78 is 0. The van der Waals surface area contributed by atoms with Crippen molar-refractivity contribution in [2.75, 3.05) is 6.61 Å². The van der Waals surface area contributed by atoms with E-state index < -0.39 is 12.2 Å². The number of hydrogen-bond donors (Lipinski definition) is 3. The van der Waals surface area contributed by atoms with Crippen molar-refractivity contribution in [2.45, 2.75) is 96.2 Å². The second-order valence-electron chi connectivity index (χ2n) is 5.62. The third-order valence-electron chi connectivity index (χ3n) is 3.71. The minimum atomic E-state index is -0.531. The first-order valence-electron chi connectivity index (χ1n) is 8.19.